The van der Waals surface area contributed by atoms with Gasteiger partial charge in [-0.05, 0) is 42.3 Å². The van der Waals surface area contributed by atoms with Gasteiger partial charge in [0, 0.05) is 12.1 Å². The van der Waals surface area contributed by atoms with E-state index in [1.54, 1.807) is 42.5 Å². The Hall–Kier alpha value is -2.69. The van der Waals surface area contributed by atoms with E-state index in [2.05, 4.69) is 9.71 Å². The predicted molar refractivity (Wildman–Crippen MR) is 128 cm³/mol. The standard InChI is InChI=1S/C23H22F3N3O2S.BrH/c1-16-5-11-21(12-6-16)32(30,31)29-15-18-4-2-3-17(13-18)14-28-22(27)19-7-9-20(10-8-19)23(24,25)26;/h2-13,29H,14-15H2,1H3,(H2,27,28);1H. The van der Waals surface area contributed by atoms with Gasteiger partial charge in [0.2, 0.25) is 10.0 Å². The molecule has 0 heterocycles. The molecule has 0 aliphatic heterocycles. The third-order valence-corrected chi connectivity index (χ3v) is 6.15. The van der Waals surface area contributed by atoms with Gasteiger partial charge in [-0.15, -0.1) is 17.0 Å². The summed E-state index contributed by atoms with van der Waals surface area (Å²) in [6.45, 7) is 2.18. The minimum Gasteiger partial charge on any atom is -0.383 e. The first-order chi connectivity index (χ1) is 15.0. The van der Waals surface area contributed by atoms with Crippen molar-refractivity contribution in [2.45, 2.75) is 31.1 Å². The van der Waals surface area contributed by atoms with Crippen LogP contribution in [-0.2, 0) is 29.3 Å². The fraction of sp³-hybridized carbons (Fsp3) is 0.174. The zero-order valence-corrected chi connectivity index (χ0v) is 20.2. The molecule has 33 heavy (non-hydrogen) atoms. The lowest BCUT2D eigenvalue weighted by Crippen LogP contribution is -2.23. The van der Waals surface area contributed by atoms with E-state index in [0.29, 0.717) is 5.56 Å². The van der Waals surface area contributed by atoms with Crippen LogP contribution in [0.2, 0.25) is 0 Å². The van der Waals surface area contributed by atoms with Crippen LogP contribution in [0.25, 0.3) is 0 Å². The number of aryl methyl sites for hydroxylation is 1. The van der Waals surface area contributed by atoms with Crippen molar-refractivity contribution in [3.8, 4) is 0 Å². The summed E-state index contributed by atoms with van der Waals surface area (Å²) in [5.74, 6) is 0.115. The van der Waals surface area contributed by atoms with E-state index in [0.717, 1.165) is 28.8 Å². The van der Waals surface area contributed by atoms with Crippen LogP contribution in [0.5, 0.6) is 0 Å². The SMILES string of the molecule is Br.Cc1ccc(S(=O)(=O)NCc2cccc(CN=C(N)c3ccc(C(F)(F)F)cc3)c2)cc1. The number of aliphatic imine (C=N–C) groups is 1. The fourth-order valence-corrected chi connectivity index (χ4v) is 3.93. The molecule has 3 rings (SSSR count). The molecule has 0 amide bonds. The summed E-state index contributed by atoms with van der Waals surface area (Å²) < 4.78 is 65.5. The van der Waals surface area contributed by atoms with Gasteiger partial charge in [0.15, 0.2) is 0 Å². The third kappa shape index (κ3) is 7.41. The number of hydrogen-bond donors (Lipinski definition) is 2. The monoisotopic (exact) mass is 541 g/mol. The van der Waals surface area contributed by atoms with E-state index in [-0.39, 0.29) is 40.8 Å². The number of halogens is 4. The van der Waals surface area contributed by atoms with E-state index in [9.17, 15) is 21.6 Å². The summed E-state index contributed by atoms with van der Waals surface area (Å²) in [7, 11) is -3.64. The second-order valence-corrected chi connectivity index (χ2v) is 9.00. The fourth-order valence-electron chi connectivity index (χ4n) is 2.91. The van der Waals surface area contributed by atoms with Gasteiger partial charge in [0.25, 0.3) is 0 Å². The molecule has 176 valence electrons. The highest BCUT2D eigenvalue weighted by atomic mass is 79.9. The van der Waals surface area contributed by atoms with Gasteiger partial charge >= 0.3 is 6.18 Å². The van der Waals surface area contributed by atoms with E-state index in [1.165, 1.54) is 12.1 Å². The molecule has 0 saturated heterocycles. The smallest absolute Gasteiger partial charge is 0.383 e. The van der Waals surface area contributed by atoms with E-state index in [1.807, 2.05) is 13.0 Å². The van der Waals surface area contributed by atoms with Crippen molar-refractivity contribution in [3.63, 3.8) is 0 Å². The van der Waals surface area contributed by atoms with Gasteiger partial charge in [0.05, 0.1) is 17.0 Å². The lowest BCUT2D eigenvalue weighted by atomic mass is 10.1. The minimum atomic E-state index is -4.41. The number of nitrogens with two attached hydrogens (primary N) is 1. The maximum Gasteiger partial charge on any atom is 0.416 e. The van der Waals surface area contributed by atoms with Crippen molar-refractivity contribution in [2.24, 2.45) is 10.7 Å². The average Bonchev–Trinajstić information content (AvgIpc) is 2.76. The highest BCUT2D eigenvalue weighted by molar-refractivity contribution is 8.93. The highest BCUT2D eigenvalue weighted by Crippen LogP contribution is 2.29. The number of nitrogens with zero attached hydrogens (tertiary/aromatic N) is 1. The topological polar surface area (TPSA) is 84.5 Å². The lowest BCUT2D eigenvalue weighted by Gasteiger charge is -2.09. The summed E-state index contributed by atoms with van der Waals surface area (Å²) in [6, 6.07) is 18.2. The number of amidine groups is 1. The molecule has 3 aromatic carbocycles. The van der Waals surface area contributed by atoms with Crippen LogP contribution in [0.4, 0.5) is 13.2 Å². The normalized spacial score (nSPS) is 12.3. The van der Waals surface area contributed by atoms with Crippen LogP contribution in [0.15, 0.2) is 82.7 Å². The third-order valence-electron chi connectivity index (χ3n) is 4.73. The van der Waals surface area contributed by atoms with Gasteiger partial charge in [-0.2, -0.15) is 13.2 Å². The number of hydrogen-bond acceptors (Lipinski definition) is 3. The molecule has 3 N–H and O–H groups in total. The molecule has 0 radical (unpaired) electrons. The lowest BCUT2D eigenvalue weighted by molar-refractivity contribution is -0.137. The Balaban J connectivity index is 0.00000385. The van der Waals surface area contributed by atoms with Crippen molar-refractivity contribution < 1.29 is 21.6 Å². The molecule has 0 unspecified atom stereocenters. The maximum absolute atomic E-state index is 12.7. The molecular formula is C23H23BrF3N3O2S. The summed E-state index contributed by atoms with van der Waals surface area (Å²) in [4.78, 5) is 4.42. The summed E-state index contributed by atoms with van der Waals surface area (Å²) in [5.41, 5.74) is 8.03. The Labute approximate surface area is 201 Å². The Kier molecular flexibility index (Phi) is 8.82. The van der Waals surface area contributed by atoms with E-state index >= 15 is 0 Å². The van der Waals surface area contributed by atoms with E-state index < -0.39 is 21.8 Å². The molecule has 0 spiro atoms. The van der Waals surface area contributed by atoms with E-state index in [4.69, 9.17) is 5.73 Å². The number of alkyl halides is 3. The quantitative estimate of drug-likeness (QED) is 0.327. The second-order valence-electron chi connectivity index (χ2n) is 7.23. The Morgan fingerprint density at radius 3 is 2.18 bits per heavy atom. The van der Waals surface area contributed by atoms with Crippen LogP contribution in [-0.4, -0.2) is 14.3 Å². The maximum atomic E-state index is 12.7. The molecular weight excluding hydrogens is 519 g/mol. The van der Waals surface area contributed by atoms with Crippen molar-refractivity contribution in [1.82, 2.24) is 4.72 Å². The van der Waals surface area contributed by atoms with Crippen molar-refractivity contribution in [1.29, 1.82) is 0 Å². The van der Waals surface area contributed by atoms with Crippen LogP contribution >= 0.6 is 17.0 Å². The summed E-state index contributed by atoms with van der Waals surface area (Å²) in [6.07, 6.45) is -4.41. The van der Waals surface area contributed by atoms with Crippen LogP contribution in [0.1, 0.15) is 27.8 Å². The van der Waals surface area contributed by atoms with Gasteiger partial charge in [-0.3, -0.25) is 4.99 Å². The zero-order chi connectivity index (χ0) is 23.4. The first-order valence-electron chi connectivity index (χ1n) is 9.66. The molecule has 0 bridgehead atoms. The Bertz CT molecular complexity index is 1210. The van der Waals surface area contributed by atoms with Crippen molar-refractivity contribution >= 4 is 32.8 Å². The molecule has 3 aromatic rings. The molecule has 0 aromatic heterocycles. The number of benzene rings is 3. The Morgan fingerprint density at radius 2 is 1.58 bits per heavy atom. The molecule has 0 atom stereocenters. The second kappa shape index (κ2) is 11.0. The average molecular weight is 542 g/mol. The molecule has 0 aliphatic rings. The molecule has 0 fully saturated rings. The van der Waals surface area contributed by atoms with Crippen molar-refractivity contribution in [2.75, 3.05) is 0 Å². The molecule has 0 aliphatic carbocycles. The number of nitrogens with one attached hydrogen (secondary N) is 1. The van der Waals surface area contributed by atoms with Crippen molar-refractivity contribution in [3.05, 3.63) is 101 Å². The first kappa shape index (κ1) is 26.6. The Morgan fingerprint density at radius 1 is 0.970 bits per heavy atom. The largest absolute Gasteiger partial charge is 0.416 e. The van der Waals surface area contributed by atoms with Gasteiger partial charge in [0.1, 0.15) is 5.84 Å². The zero-order valence-electron chi connectivity index (χ0n) is 17.6. The predicted octanol–water partition coefficient (Wildman–Crippen LogP) is 4.98. The first-order valence-corrected chi connectivity index (χ1v) is 11.1. The van der Waals surface area contributed by atoms with Gasteiger partial charge in [-0.1, -0.05) is 54.1 Å². The van der Waals surface area contributed by atoms with Crippen LogP contribution in [0.3, 0.4) is 0 Å². The summed E-state index contributed by atoms with van der Waals surface area (Å²) >= 11 is 0. The van der Waals surface area contributed by atoms with Crippen LogP contribution in [0, 0.1) is 6.92 Å². The van der Waals surface area contributed by atoms with Gasteiger partial charge in [-0.25, -0.2) is 13.1 Å². The van der Waals surface area contributed by atoms with Gasteiger partial charge < -0.3 is 5.73 Å². The summed E-state index contributed by atoms with van der Waals surface area (Å²) in [5, 5.41) is 0. The molecule has 10 heteroatoms. The number of rotatable bonds is 7. The molecule has 5 nitrogen and oxygen atoms in total. The molecule has 0 saturated carbocycles. The number of sulfonamides is 1. The van der Waals surface area contributed by atoms with Crippen LogP contribution < -0.4 is 10.5 Å². The minimum absolute atomic E-state index is 0. The highest BCUT2D eigenvalue weighted by Gasteiger charge is 2.30.